The number of anilines is 1. The molecule has 0 spiro atoms. The minimum atomic E-state index is -0.225. The van der Waals surface area contributed by atoms with E-state index in [-0.39, 0.29) is 11.5 Å². The van der Waals surface area contributed by atoms with E-state index in [2.05, 4.69) is 15.9 Å². The molecule has 0 bridgehead atoms. The van der Waals surface area contributed by atoms with E-state index < -0.39 is 0 Å². The van der Waals surface area contributed by atoms with Crippen molar-refractivity contribution in [3.8, 4) is 11.5 Å². The van der Waals surface area contributed by atoms with E-state index in [1.807, 2.05) is 0 Å². The number of ether oxygens (including phenoxy) is 2. The highest BCUT2D eigenvalue weighted by Crippen LogP contribution is 2.37. The van der Waals surface area contributed by atoms with Gasteiger partial charge in [0.25, 0.3) is 0 Å². The Bertz CT molecular complexity index is 652. The van der Waals surface area contributed by atoms with Crippen molar-refractivity contribution >= 4 is 50.3 Å². The number of methoxy groups -OCH3 is 2. The van der Waals surface area contributed by atoms with Crippen molar-refractivity contribution in [2.24, 2.45) is 0 Å². The summed E-state index contributed by atoms with van der Waals surface area (Å²) in [6, 6.07) is 4.88. The second-order valence-corrected chi connectivity index (χ2v) is 6.36. The molecule has 0 amide bonds. The van der Waals surface area contributed by atoms with E-state index in [0.29, 0.717) is 30.7 Å². The second-order valence-electron chi connectivity index (χ2n) is 3.85. The van der Waals surface area contributed by atoms with Crippen molar-refractivity contribution in [1.82, 2.24) is 0 Å². The first kappa shape index (κ1) is 15.2. The maximum Gasteiger partial charge on any atom is 0.205 e. The molecule has 106 valence electrons. The third kappa shape index (κ3) is 2.77. The Hall–Kier alpha value is -1.24. The Morgan fingerprint density at radius 1 is 1.30 bits per heavy atom. The van der Waals surface area contributed by atoms with Crippen LogP contribution in [0, 0.1) is 0 Å². The van der Waals surface area contributed by atoms with Gasteiger partial charge in [-0.1, -0.05) is 11.6 Å². The van der Waals surface area contributed by atoms with Gasteiger partial charge in [-0.25, -0.2) is 0 Å². The molecule has 1 aromatic carbocycles. The molecule has 2 aromatic rings. The molecular formula is C13H11BrClNO3S. The summed E-state index contributed by atoms with van der Waals surface area (Å²) >= 11 is 10.4. The number of ketones is 1. The lowest BCUT2D eigenvalue weighted by Gasteiger charge is -2.11. The molecule has 0 saturated carbocycles. The number of carbonyl (C=O) groups is 1. The molecule has 4 nitrogen and oxygen atoms in total. The van der Waals surface area contributed by atoms with Crippen LogP contribution in [0.2, 0.25) is 4.34 Å². The number of nitrogen functional groups attached to an aromatic ring is 1. The number of hydrogen-bond acceptors (Lipinski definition) is 5. The number of halogens is 2. The number of rotatable bonds is 4. The van der Waals surface area contributed by atoms with Crippen LogP contribution in [-0.4, -0.2) is 20.0 Å². The molecule has 0 fully saturated rings. The molecule has 0 atom stereocenters. The van der Waals surface area contributed by atoms with Crippen molar-refractivity contribution in [2.45, 2.75) is 0 Å². The molecule has 0 radical (unpaired) electrons. The van der Waals surface area contributed by atoms with Crippen LogP contribution in [-0.2, 0) is 0 Å². The van der Waals surface area contributed by atoms with E-state index in [4.69, 9.17) is 26.8 Å². The van der Waals surface area contributed by atoms with Crippen molar-refractivity contribution in [3.05, 3.63) is 37.4 Å². The van der Waals surface area contributed by atoms with Crippen LogP contribution < -0.4 is 15.2 Å². The van der Waals surface area contributed by atoms with Gasteiger partial charge in [0.1, 0.15) is 15.8 Å². The van der Waals surface area contributed by atoms with E-state index in [9.17, 15) is 4.79 Å². The average Bonchev–Trinajstić information content (AvgIpc) is 2.78. The third-order valence-corrected chi connectivity index (χ3v) is 5.16. The van der Waals surface area contributed by atoms with Crippen LogP contribution in [0.25, 0.3) is 0 Å². The number of benzene rings is 1. The lowest BCUT2D eigenvalue weighted by atomic mass is 10.1. The van der Waals surface area contributed by atoms with Gasteiger partial charge in [-0.15, -0.1) is 11.3 Å². The molecule has 7 heteroatoms. The molecule has 20 heavy (non-hydrogen) atoms. The van der Waals surface area contributed by atoms with Crippen LogP contribution in [0.3, 0.4) is 0 Å². The molecule has 2 rings (SSSR count). The summed E-state index contributed by atoms with van der Waals surface area (Å²) in [5.41, 5.74) is 6.56. The summed E-state index contributed by atoms with van der Waals surface area (Å²) < 4.78 is 11.5. The standard InChI is InChI=1S/C13H11BrClNO3S/c1-18-6-3-7(11(16)9(4-6)19-2)12(17)10-5-8(14)13(15)20-10/h3-5H,16H2,1-2H3. The summed E-state index contributed by atoms with van der Waals surface area (Å²) in [4.78, 5) is 13.0. The Kier molecular flexibility index (Phi) is 4.57. The third-order valence-electron chi connectivity index (χ3n) is 2.68. The first-order valence-corrected chi connectivity index (χ1v) is 7.47. The topological polar surface area (TPSA) is 61.6 Å². The normalized spacial score (nSPS) is 10.4. The number of nitrogens with two attached hydrogens (primary N) is 1. The molecule has 0 unspecified atom stereocenters. The Morgan fingerprint density at radius 3 is 2.50 bits per heavy atom. The fraction of sp³-hybridized carbons (Fsp3) is 0.154. The molecule has 2 N–H and O–H groups in total. The quantitative estimate of drug-likeness (QED) is 0.647. The average molecular weight is 377 g/mol. The molecule has 1 heterocycles. The van der Waals surface area contributed by atoms with Gasteiger partial charge in [-0.3, -0.25) is 4.79 Å². The van der Waals surface area contributed by atoms with E-state index in [1.165, 1.54) is 25.6 Å². The summed E-state index contributed by atoms with van der Waals surface area (Å²) in [5, 5.41) is 0. The molecule has 0 saturated heterocycles. The maximum atomic E-state index is 12.5. The van der Waals surface area contributed by atoms with Crippen LogP contribution in [0.5, 0.6) is 11.5 Å². The Morgan fingerprint density at radius 2 is 2.00 bits per heavy atom. The van der Waals surface area contributed by atoms with Crippen LogP contribution in [0.15, 0.2) is 22.7 Å². The predicted octanol–water partition coefficient (Wildman–Crippen LogP) is 3.99. The molecule has 1 aromatic heterocycles. The summed E-state index contributed by atoms with van der Waals surface area (Å²) in [6.07, 6.45) is 0. The molecule has 0 aliphatic rings. The van der Waals surface area contributed by atoms with Gasteiger partial charge in [-0.2, -0.15) is 0 Å². The zero-order valence-corrected chi connectivity index (χ0v) is 13.9. The van der Waals surface area contributed by atoms with Gasteiger partial charge in [-0.05, 0) is 28.1 Å². The number of carbonyl (C=O) groups excluding carboxylic acids is 1. The smallest absolute Gasteiger partial charge is 0.205 e. The van der Waals surface area contributed by atoms with Gasteiger partial charge in [0.05, 0.1) is 30.3 Å². The van der Waals surface area contributed by atoms with Crippen molar-refractivity contribution < 1.29 is 14.3 Å². The molecule has 0 aliphatic carbocycles. The van der Waals surface area contributed by atoms with Gasteiger partial charge in [0, 0.05) is 10.5 Å². The highest BCUT2D eigenvalue weighted by atomic mass is 79.9. The number of hydrogen-bond donors (Lipinski definition) is 1. The lowest BCUT2D eigenvalue weighted by molar-refractivity contribution is 0.104. The Labute approximate surface area is 133 Å². The Balaban J connectivity index is 2.53. The molecular weight excluding hydrogens is 366 g/mol. The second kappa shape index (κ2) is 6.03. The molecule has 0 aliphatic heterocycles. The van der Waals surface area contributed by atoms with Crippen LogP contribution in [0.1, 0.15) is 15.2 Å². The minimum Gasteiger partial charge on any atom is -0.497 e. The zero-order valence-electron chi connectivity index (χ0n) is 10.7. The highest BCUT2D eigenvalue weighted by Gasteiger charge is 2.20. The van der Waals surface area contributed by atoms with Gasteiger partial charge in [0.2, 0.25) is 5.78 Å². The minimum absolute atomic E-state index is 0.225. The predicted molar refractivity (Wildman–Crippen MR) is 84.4 cm³/mol. The van der Waals surface area contributed by atoms with E-state index >= 15 is 0 Å². The summed E-state index contributed by atoms with van der Waals surface area (Å²) in [7, 11) is 3.00. The summed E-state index contributed by atoms with van der Waals surface area (Å²) in [6.45, 7) is 0. The van der Waals surface area contributed by atoms with Crippen molar-refractivity contribution in [2.75, 3.05) is 20.0 Å². The van der Waals surface area contributed by atoms with Gasteiger partial charge < -0.3 is 15.2 Å². The van der Waals surface area contributed by atoms with Crippen molar-refractivity contribution in [1.29, 1.82) is 0 Å². The van der Waals surface area contributed by atoms with Gasteiger partial charge >= 0.3 is 0 Å². The first-order chi connectivity index (χ1) is 9.47. The maximum absolute atomic E-state index is 12.5. The lowest BCUT2D eigenvalue weighted by Crippen LogP contribution is -2.06. The first-order valence-electron chi connectivity index (χ1n) is 5.49. The van der Waals surface area contributed by atoms with Crippen LogP contribution in [0.4, 0.5) is 5.69 Å². The largest absolute Gasteiger partial charge is 0.497 e. The van der Waals surface area contributed by atoms with E-state index in [1.54, 1.807) is 18.2 Å². The fourth-order valence-electron chi connectivity index (χ4n) is 1.67. The SMILES string of the molecule is COc1cc(OC)c(N)c(C(=O)c2cc(Br)c(Cl)s2)c1. The monoisotopic (exact) mass is 375 g/mol. The van der Waals surface area contributed by atoms with Crippen molar-refractivity contribution in [3.63, 3.8) is 0 Å². The van der Waals surface area contributed by atoms with Gasteiger partial charge in [0.15, 0.2) is 0 Å². The highest BCUT2D eigenvalue weighted by molar-refractivity contribution is 9.10. The summed E-state index contributed by atoms with van der Waals surface area (Å²) in [5.74, 6) is 0.674. The fourth-order valence-corrected chi connectivity index (χ4v) is 3.32. The van der Waals surface area contributed by atoms with E-state index in [0.717, 1.165) is 0 Å². The van der Waals surface area contributed by atoms with Crippen LogP contribution >= 0.6 is 38.9 Å². The zero-order chi connectivity index (χ0) is 14.9. The number of thiophene rings is 1.